The SMILES string of the molecule is [C-]#[N+]C1=C(c2ccc(C)c([N+]#[C-])c2)/C(=C(/C#N)[N+]#[C-])c2c(F)c3c(c(F)c21)/C(=C(/C#N)[N+]#[C-])C(c1ccc(C(F)(F)F)c(C#N)c1)=C3C#N. The Morgan fingerprint density at radius 1 is 0.694 bits per heavy atom. The van der Waals surface area contributed by atoms with Crippen molar-refractivity contribution in [2.75, 3.05) is 0 Å². The Morgan fingerprint density at radius 2 is 1.24 bits per heavy atom. The number of nitrogens with zero attached hydrogens (tertiary/aromatic N) is 8. The van der Waals surface area contributed by atoms with Crippen molar-refractivity contribution < 1.29 is 22.0 Å². The van der Waals surface area contributed by atoms with Crippen LogP contribution >= 0.6 is 0 Å². The normalized spacial score (nSPS) is 14.9. The fourth-order valence-electron chi connectivity index (χ4n) is 5.82. The molecule has 0 radical (unpaired) electrons. The highest BCUT2D eigenvalue weighted by atomic mass is 19.4. The summed E-state index contributed by atoms with van der Waals surface area (Å²) in [5.74, 6) is -2.85. The fourth-order valence-corrected chi connectivity index (χ4v) is 5.82. The minimum Gasteiger partial charge on any atom is -0.238 e. The predicted octanol–water partition coefficient (Wildman–Crippen LogP) is 9.27. The van der Waals surface area contributed by atoms with Crippen molar-refractivity contribution in [1.82, 2.24) is 0 Å². The molecule has 2 aliphatic carbocycles. The van der Waals surface area contributed by atoms with Gasteiger partial charge in [0.1, 0.15) is 17.7 Å². The van der Waals surface area contributed by atoms with Gasteiger partial charge in [-0.15, -0.1) is 0 Å². The quantitative estimate of drug-likeness (QED) is 0.157. The van der Waals surface area contributed by atoms with Crippen molar-refractivity contribution in [3.05, 3.63) is 155 Å². The molecule has 5 rings (SSSR count). The molecule has 3 aromatic rings. The van der Waals surface area contributed by atoms with Gasteiger partial charge in [-0.2, -0.15) is 23.7 Å². The van der Waals surface area contributed by atoms with Crippen molar-refractivity contribution in [2.24, 2.45) is 0 Å². The molecule has 0 N–H and O–H groups in total. The standard InChI is InChI=1S/C36H9F5N8/c1-16-6-7-18(11-22(16)46-2)26-29(24(15-45)48-4)31-32(35(26)49-5)34(38)30-27(33(31)37)20(13-43)25(28(30)23(14-44)47-3)17-8-9-21(36(39,40)41)19(10-17)12-42/h6-11H,1H3/b28-23-,29-24+. The van der Waals surface area contributed by atoms with E-state index in [9.17, 15) is 34.2 Å². The van der Waals surface area contributed by atoms with Crippen molar-refractivity contribution in [1.29, 1.82) is 21.0 Å². The number of allylic oxidation sites excluding steroid dienone is 7. The molecule has 0 fully saturated rings. The van der Waals surface area contributed by atoms with Crippen molar-refractivity contribution >= 4 is 39.2 Å². The van der Waals surface area contributed by atoms with E-state index in [1.807, 2.05) is 0 Å². The maximum Gasteiger partial charge on any atom is 0.417 e. The largest absolute Gasteiger partial charge is 0.417 e. The fraction of sp³-hybridized carbons (Fsp3) is 0.0556. The maximum absolute atomic E-state index is 17.1. The second kappa shape index (κ2) is 11.8. The van der Waals surface area contributed by atoms with Crippen LogP contribution in [0.15, 0.2) is 47.8 Å². The summed E-state index contributed by atoms with van der Waals surface area (Å²) >= 11 is 0. The van der Waals surface area contributed by atoms with Gasteiger partial charge in [-0.25, -0.2) is 38.7 Å². The number of rotatable bonds is 2. The van der Waals surface area contributed by atoms with Crippen LogP contribution in [0.1, 0.15) is 50.1 Å². The van der Waals surface area contributed by atoms with Crippen LogP contribution in [0.3, 0.4) is 0 Å². The Kier molecular flexibility index (Phi) is 7.88. The van der Waals surface area contributed by atoms with Gasteiger partial charge in [-0.05, 0) is 58.5 Å². The van der Waals surface area contributed by atoms with Gasteiger partial charge in [-0.3, -0.25) is 0 Å². The third kappa shape index (κ3) is 4.66. The molecule has 49 heavy (non-hydrogen) atoms. The number of fused-ring (bicyclic) bond motifs is 2. The first-order chi connectivity index (χ1) is 23.4. The molecule has 8 nitrogen and oxygen atoms in total. The first-order valence-corrected chi connectivity index (χ1v) is 13.4. The number of hydrogen-bond acceptors (Lipinski definition) is 4. The van der Waals surface area contributed by atoms with E-state index in [0.717, 1.165) is 6.07 Å². The molecule has 0 heterocycles. The molecule has 2 aliphatic rings. The highest BCUT2D eigenvalue weighted by Gasteiger charge is 2.44. The lowest BCUT2D eigenvalue weighted by molar-refractivity contribution is -0.137. The summed E-state index contributed by atoms with van der Waals surface area (Å²) in [4.78, 5) is 13.1. The highest BCUT2D eigenvalue weighted by molar-refractivity contribution is 6.29. The van der Waals surface area contributed by atoms with Gasteiger partial charge in [0.05, 0.1) is 61.2 Å². The van der Waals surface area contributed by atoms with Crippen molar-refractivity contribution in [3.8, 4) is 24.3 Å². The second-order valence-corrected chi connectivity index (χ2v) is 10.2. The van der Waals surface area contributed by atoms with Crippen LogP contribution in [0.25, 0.3) is 52.9 Å². The molecule has 0 aromatic heterocycles. The minimum absolute atomic E-state index is 0.0596. The van der Waals surface area contributed by atoms with E-state index in [4.69, 9.17) is 26.3 Å². The van der Waals surface area contributed by atoms with Gasteiger partial charge >= 0.3 is 6.18 Å². The van der Waals surface area contributed by atoms with Crippen LogP contribution in [0.4, 0.5) is 27.6 Å². The Labute approximate surface area is 274 Å². The molecule has 0 spiro atoms. The molecule has 0 saturated carbocycles. The Morgan fingerprint density at radius 3 is 1.76 bits per heavy atom. The third-order valence-electron chi connectivity index (χ3n) is 7.84. The lowest BCUT2D eigenvalue weighted by Gasteiger charge is -2.15. The van der Waals surface area contributed by atoms with E-state index in [1.54, 1.807) is 19.1 Å². The van der Waals surface area contributed by atoms with Gasteiger partial charge in [0, 0.05) is 27.8 Å². The number of aryl methyl sites for hydroxylation is 1. The first kappa shape index (κ1) is 32.6. The monoisotopic (exact) mass is 648 g/mol. The van der Waals surface area contributed by atoms with Crippen molar-refractivity contribution in [3.63, 3.8) is 0 Å². The van der Waals surface area contributed by atoms with Crippen LogP contribution < -0.4 is 0 Å². The van der Waals surface area contributed by atoms with Crippen LogP contribution in [0.5, 0.6) is 0 Å². The van der Waals surface area contributed by atoms with Crippen molar-refractivity contribution in [2.45, 2.75) is 13.1 Å². The summed E-state index contributed by atoms with van der Waals surface area (Å²) in [5, 5.41) is 39.6. The van der Waals surface area contributed by atoms with Gasteiger partial charge < -0.3 is 0 Å². The molecule has 0 unspecified atom stereocenters. The lowest BCUT2D eigenvalue weighted by atomic mass is 9.90. The topological polar surface area (TPSA) is 113 Å². The smallest absolute Gasteiger partial charge is 0.238 e. The van der Waals surface area contributed by atoms with Gasteiger partial charge in [-0.1, -0.05) is 18.2 Å². The van der Waals surface area contributed by atoms with E-state index >= 15 is 8.78 Å². The molecular formula is C36H9F5N8. The number of alkyl halides is 3. The van der Waals surface area contributed by atoms with E-state index in [1.165, 1.54) is 30.3 Å². The van der Waals surface area contributed by atoms with Gasteiger partial charge in [0.15, 0.2) is 5.69 Å². The molecule has 3 aromatic carbocycles. The van der Waals surface area contributed by atoms with E-state index < -0.39 is 90.6 Å². The number of nitriles is 4. The molecule has 0 saturated heterocycles. The molecule has 228 valence electrons. The number of halogens is 5. The van der Waals surface area contributed by atoms with E-state index in [0.29, 0.717) is 17.7 Å². The van der Waals surface area contributed by atoms with Crippen LogP contribution in [0.2, 0.25) is 0 Å². The van der Waals surface area contributed by atoms with E-state index in [2.05, 4.69) is 19.4 Å². The predicted molar refractivity (Wildman–Crippen MR) is 164 cm³/mol. The second-order valence-electron chi connectivity index (χ2n) is 10.2. The average molecular weight is 649 g/mol. The number of benzene rings is 3. The summed E-state index contributed by atoms with van der Waals surface area (Å²) in [6, 6.07) is 12.5. The van der Waals surface area contributed by atoms with Crippen LogP contribution in [-0.4, -0.2) is 0 Å². The summed E-state index contributed by atoms with van der Waals surface area (Å²) in [5.41, 5.74) is -10.1. The van der Waals surface area contributed by atoms with Crippen LogP contribution in [-0.2, 0) is 6.18 Å². The summed E-state index contributed by atoms with van der Waals surface area (Å²) in [6.07, 6.45) is -4.97. The highest BCUT2D eigenvalue weighted by Crippen LogP contribution is 2.58. The average Bonchev–Trinajstić information content (AvgIpc) is 3.62. The Bertz CT molecular complexity index is 2560. The van der Waals surface area contributed by atoms with Crippen LogP contribution in [0, 0.1) is 90.2 Å². The molecule has 0 bridgehead atoms. The molecular weight excluding hydrogens is 639 g/mol. The van der Waals surface area contributed by atoms with Gasteiger partial charge in [0.25, 0.3) is 11.4 Å². The summed E-state index contributed by atoms with van der Waals surface area (Å²) in [7, 11) is 0. The first-order valence-electron chi connectivity index (χ1n) is 13.4. The number of hydrogen-bond donors (Lipinski definition) is 0. The zero-order valence-corrected chi connectivity index (χ0v) is 24.4. The molecule has 13 heteroatoms. The Hall–Kier alpha value is -7.81. The summed E-state index contributed by atoms with van der Waals surface area (Å²) in [6.45, 7) is 32.3. The Balaban J connectivity index is 2.01. The lowest BCUT2D eigenvalue weighted by Crippen LogP contribution is -2.08. The molecule has 0 aliphatic heterocycles. The third-order valence-corrected chi connectivity index (χ3v) is 7.84. The summed E-state index contributed by atoms with van der Waals surface area (Å²) < 4.78 is 75.1. The molecule has 0 amide bonds. The van der Waals surface area contributed by atoms with Gasteiger partial charge in [0.2, 0.25) is 5.70 Å². The minimum atomic E-state index is -4.97. The zero-order chi connectivity index (χ0) is 35.9. The zero-order valence-electron chi connectivity index (χ0n) is 24.4. The molecule has 0 atom stereocenters. The van der Waals surface area contributed by atoms with E-state index in [-0.39, 0.29) is 22.4 Å². The maximum atomic E-state index is 17.1.